The van der Waals surface area contributed by atoms with E-state index in [1.807, 2.05) is 6.07 Å². The summed E-state index contributed by atoms with van der Waals surface area (Å²) in [6.45, 7) is 0. The molecule has 0 spiro atoms. The summed E-state index contributed by atoms with van der Waals surface area (Å²) >= 11 is 6.05. The average molecular weight is 394 g/mol. The molecule has 7 heteroatoms. The van der Waals surface area contributed by atoms with Crippen molar-refractivity contribution in [3.8, 4) is 0 Å². The number of anilines is 2. The SMILES string of the molecule is O=C(O)c1cccc(N/N=C\c2cccc(NC(=O)c3ccccc3Cl)c2)c1. The van der Waals surface area contributed by atoms with Crippen LogP contribution in [0.25, 0.3) is 0 Å². The third-order valence-electron chi connectivity index (χ3n) is 3.78. The van der Waals surface area contributed by atoms with Gasteiger partial charge in [0, 0.05) is 5.69 Å². The van der Waals surface area contributed by atoms with Crippen molar-refractivity contribution in [3.05, 3.63) is 94.5 Å². The number of aromatic carboxylic acids is 1. The zero-order chi connectivity index (χ0) is 19.9. The monoisotopic (exact) mass is 393 g/mol. The number of carbonyl (C=O) groups is 2. The van der Waals surface area contributed by atoms with Gasteiger partial charge in [0.25, 0.3) is 5.91 Å². The number of hydrazone groups is 1. The molecule has 0 unspecified atom stereocenters. The minimum atomic E-state index is -1.01. The number of halogens is 1. The lowest BCUT2D eigenvalue weighted by Gasteiger charge is -2.07. The summed E-state index contributed by atoms with van der Waals surface area (Å²) in [5.74, 6) is -1.31. The molecule has 0 heterocycles. The van der Waals surface area contributed by atoms with Gasteiger partial charge in [-0.2, -0.15) is 5.10 Å². The Morgan fingerprint density at radius 1 is 0.929 bits per heavy atom. The van der Waals surface area contributed by atoms with E-state index in [1.165, 1.54) is 12.1 Å². The van der Waals surface area contributed by atoms with Gasteiger partial charge in [-0.15, -0.1) is 0 Å². The predicted octanol–water partition coefficient (Wildman–Crippen LogP) is 4.74. The summed E-state index contributed by atoms with van der Waals surface area (Å²) < 4.78 is 0. The first kappa shape index (κ1) is 19.1. The van der Waals surface area contributed by atoms with Crippen molar-refractivity contribution in [1.82, 2.24) is 0 Å². The lowest BCUT2D eigenvalue weighted by atomic mass is 10.2. The molecule has 28 heavy (non-hydrogen) atoms. The van der Waals surface area contributed by atoms with Crippen molar-refractivity contribution < 1.29 is 14.7 Å². The second kappa shape index (κ2) is 8.83. The standard InChI is InChI=1S/C21H16ClN3O3/c22-19-10-2-1-9-18(19)20(26)24-16-7-3-5-14(11-16)13-23-25-17-8-4-6-15(12-17)21(27)28/h1-13,25H,(H,24,26)(H,27,28)/b23-13-. The van der Waals surface area contributed by atoms with Crippen molar-refractivity contribution >= 4 is 41.1 Å². The number of benzene rings is 3. The van der Waals surface area contributed by atoms with Crippen LogP contribution in [0.3, 0.4) is 0 Å². The molecule has 3 rings (SSSR count). The highest BCUT2D eigenvalue weighted by Crippen LogP contribution is 2.18. The van der Waals surface area contributed by atoms with Crippen LogP contribution in [0.4, 0.5) is 11.4 Å². The number of rotatable bonds is 6. The van der Waals surface area contributed by atoms with Crippen LogP contribution in [0.5, 0.6) is 0 Å². The maximum absolute atomic E-state index is 12.3. The second-order valence-electron chi connectivity index (χ2n) is 5.82. The number of carboxylic acid groups (broad SMARTS) is 1. The summed E-state index contributed by atoms with van der Waals surface area (Å²) in [5, 5.41) is 16.3. The summed E-state index contributed by atoms with van der Waals surface area (Å²) in [5.41, 5.74) is 5.25. The molecule has 0 bridgehead atoms. The predicted molar refractivity (Wildman–Crippen MR) is 110 cm³/mol. The number of amides is 1. The fourth-order valence-corrected chi connectivity index (χ4v) is 2.67. The quantitative estimate of drug-likeness (QED) is 0.417. The summed E-state index contributed by atoms with van der Waals surface area (Å²) in [7, 11) is 0. The molecule has 0 radical (unpaired) electrons. The Bertz CT molecular complexity index is 1050. The zero-order valence-corrected chi connectivity index (χ0v) is 15.4. The summed E-state index contributed by atoms with van der Waals surface area (Å²) in [6.07, 6.45) is 1.57. The van der Waals surface area contributed by atoms with E-state index >= 15 is 0 Å². The van der Waals surface area contributed by atoms with Crippen LogP contribution in [-0.2, 0) is 0 Å². The van der Waals surface area contributed by atoms with E-state index in [0.29, 0.717) is 22.0 Å². The van der Waals surface area contributed by atoms with Crippen molar-refractivity contribution in [3.63, 3.8) is 0 Å². The highest BCUT2D eigenvalue weighted by atomic mass is 35.5. The van der Waals surface area contributed by atoms with Gasteiger partial charge in [0.1, 0.15) is 0 Å². The van der Waals surface area contributed by atoms with Crippen molar-refractivity contribution in [2.45, 2.75) is 0 Å². The molecule has 0 aliphatic rings. The van der Waals surface area contributed by atoms with Gasteiger partial charge in [0.2, 0.25) is 0 Å². The van der Waals surface area contributed by atoms with E-state index in [0.717, 1.165) is 5.56 Å². The van der Waals surface area contributed by atoms with Gasteiger partial charge in [-0.3, -0.25) is 10.2 Å². The molecule has 0 saturated carbocycles. The van der Waals surface area contributed by atoms with E-state index in [4.69, 9.17) is 16.7 Å². The smallest absolute Gasteiger partial charge is 0.335 e. The molecule has 0 aromatic heterocycles. The van der Waals surface area contributed by atoms with Crippen molar-refractivity contribution in [1.29, 1.82) is 0 Å². The molecular weight excluding hydrogens is 378 g/mol. The summed E-state index contributed by atoms with van der Waals surface area (Å²) in [6, 6.07) is 20.3. The molecule has 6 nitrogen and oxygen atoms in total. The van der Waals surface area contributed by atoms with Crippen LogP contribution < -0.4 is 10.7 Å². The fraction of sp³-hybridized carbons (Fsp3) is 0. The van der Waals surface area contributed by atoms with Crippen LogP contribution in [0.1, 0.15) is 26.3 Å². The molecular formula is C21H16ClN3O3. The van der Waals surface area contributed by atoms with E-state index < -0.39 is 5.97 Å². The highest BCUT2D eigenvalue weighted by molar-refractivity contribution is 6.34. The molecule has 3 N–H and O–H groups in total. The van der Waals surface area contributed by atoms with Crippen molar-refractivity contribution in [2.24, 2.45) is 5.10 Å². The molecule has 0 aliphatic heterocycles. The van der Waals surface area contributed by atoms with E-state index in [9.17, 15) is 9.59 Å². The number of nitrogens with one attached hydrogen (secondary N) is 2. The normalized spacial score (nSPS) is 10.6. The van der Waals surface area contributed by atoms with Crippen LogP contribution in [0.15, 0.2) is 77.9 Å². The molecule has 0 saturated heterocycles. The topological polar surface area (TPSA) is 90.8 Å². The first-order chi connectivity index (χ1) is 13.5. The fourth-order valence-electron chi connectivity index (χ4n) is 2.44. The van der Waals surface area contributed by atoms with E-state index in [2.05, 4.69) is 15.8 Å². The third kappa shape index (κ3) is 4.96. The average Bonchev–Trinajstić information content (AvgIpc) is 2.69. The minimum Gasteiger partial charge on any atom is -0.478 e. The Morgan fingerprint density at radius 2 is 1.68 bits per heavy atom. The molecule has 0 fully saturated rings. The maximum atomic E-state index is 12.3. The van der Waals surface area contributed by atoms with Gasteiger partial charge in [-0.1, -0.05) is 41.9 Å². The lowest BCUT2D eigenvalue weighted by molar-refractivity contribution is 0.0696. The Hall–Kier alpha value is -3.64. The molecule has 3 aromatic carbocycles. The molecule has 1 amide bonds. The second-order valence-corrected chi connectivity index (χ2v) is 6.22. The number of nitrogens with zero attached hydrogens (tertiary/aromatic N) is 1. The van der Waals surface area contributed by atoms with Crippen LogP contribution in [-0.4, -0.2) is 23.2 Å². The van der Waals surface area contributed by atoms with Crippen LogP contribution in [0, 0.1) is 0 Å². The van der Waals surface area contributed by atoms with Gasteiger partial charge >= 0.3 is 5.97 Å². The largest absolute Gasteiger partial charge is 0.478 e. The first-order valence-electron chi connectivity index (χ1n) is 8.31. The number of carboxylic acids is 1. The lowest BCUT2D eigenvalue weighted by Crippen LogP contribution is -2.12. The minimum absolute atomic E-state index is 0.171. The van der Waals surface area contributed by atoms with Gasteiger partial charge in [-0.25, -0.2) is 4.79 Å². The zero-order valence-electron chi connectivity index (χ0n) is 14.6. The Balaban J connectivity index is 1.67. The Kier molecular flexibility index (Phi) is 6.04. The first-order valence-corrected chi connectivity index (χ1v) is 8.69. The van der Waals surface area contributed by atoms with E-state index in [-0.39, 0.29) is 11.5 Å². The molecule has 140 valence electrons. The third-order valence-corrected chi connectivity index (χ3v) is 4.11. The molecule has 0 atom stereocenters. The Labute approximate surface area is 166 Å². The van der Waals surface area contributed by atoms with Gasteiger partial charge in [0.15, 0.2) is 0 Å². The van der Waals surface area contributed by atoms with Crippen LogP contribution >= 0.6 is 11.6 Å². The summed E-state index contributed by atoms with van der Waals surface area (Å²) in [4.78, 5) is 23.3. The van der Waals surface area contributed by atoms with Crippen molar-refractivity contribution in [2.75, 3.05) is 10.7 Å². The molecule has 0 aliphatic carbocycles. The number of hydrogen-bond donors (Lipinski definition) is 3. The number of hydrogen-bond acceptors (Lipinski definition) is 4. The highest BCUT2D eigenvalue weighted by Gasteiger charge is 2.09. The Morgan fingerprint density at radius 3 is 2.46 bits per heavy atom. The van der Waals surface area contributed by atoms with E-state index in [1.54, 1.807) is 60.8 Å². The maximum Gasteiger partial charge on any atom is 0.335 e. The van der Waals surface area contributed by atoms with Gasteiger partial charge in [-0.05, 0) is 48.0 Å². The van der Waals surface area contributed by atoms with Crippen LogP contribution in [0.2, 0.25) is 5.02 Å². The number of carbonyl (C=O) groups excluding carboxylic acids is 1. The van der Waals surface area contributed by atoms with Gasteiger partial charge in [0.05, 0.1) is 28.1 Å². The molecule has 3 aromatic rings. The van der Waals surface area contributed by atoms with Gasteiger partial charge < -0.3 is 10.4 Å².